The predicted octanol–water partition coefficient (Wildman–Crippen LogP) is 3.53. The summed E-state index contributed by atoms with van der Waals surface area (Å²) in [4.78, 5) is 2.24. The van der Waals surface area contributed by atoms with Crippen molar-refractivity contribution in [3.63, 3.8) is 0 Å². The van der Waals surface area contributed by atoms with Crippen LogP contribution in [0, 0.1) is 5.82 Å². The minimum atomic E-state index is -0.391. The summed E-state index contributed by atoms with van der Waals surface area (Å²) in [7, 11) is 0. The maximum absolute atomic E-state index is 13.8. The third-order valence-electron chi connectivity index (χ3n) is 3.56. The predicted molar refractivity (Wildman–Crippen MR) is 85.3 cm³/mol. The van der Waals surface area contributed by atoms with Crippen LogP contribution in [0.4, 0.5) is 15.8 Å². The van der Waals surface area contributed by atoms with E-state index in [1.165, 1.54) is 6.07 Å². The van der Waals surface area contributed by atoms with Crippen molar-refractivity contribution in [3.05, 3.63) is 17.9 Å². The van der Waals surface area contributed by atoms with Gasteiger partial charge in [-0.25, -0.2) is 4.39 Å². The minimum absolute atomic E-state index is 0.284. The first-order valence-electron chi connectivity index (χ1n) is 7.03. The van der Waals surface area contributed by atoms with E-state index < -0.39 is 5.82 Å². The highest BCUT2D eigenvalue weighted by molar-refractivity contribution is 8.00. The summed E-state index contributed by atoms with van der Waals surface area (Å²) < 4.78 is 19.4. The molecule has 0 radical (unpaired) electrons. The smallest absolute Gasteiger partial charge is 0.167 e. The van der Waals surface area contributed by atoms with Crippen molar-refractivity contribution in [1.82, 2.24) is 0 Å². The summed E-state index contributed by atoms with van der Waals surface area (Å²) >= 11 is 1.98. The highest BCUT2D eigenvalue weighted by atomic mass is 32.2. The molecule has 2 N–H and O–H groups in total. The van der Waals surface area contributed by atoms with Crippen molar-refractivity contribution in [2.75, 3.05) is 36.1 Å². The van der Waals surface area contributed by atoms with E-state index in [-0.39, 0.29) is 10.5 Å². The lowest BCUT2D eigenvalue weighted by Crippen LogP contribution is -2.27. The quantitative estimate of drug-likeness (QED) is 0.866. The Morgan fingerprint density at radius 3 is 2.85 bits per heavy atom. The number of hydrogen-bond acceptors (Lipinski definition) is 4. The molecule has 1 fully saturated rings. The molecule has 5 heteroatoms. The second-order valence-corrected chi connectivity index (χ2v) is 7.42. The molecule has 0 unspecified atom stereocenters. The summed E-state index contributed by atoms with van der Waals surface area (Å²) in [6.07, 6.45) is 1.08. The van der Waals surface area contributed by atoms with Gasteiger partial charge in [-0.05, 0) is 13.3 Å². The molecule has 0 atom stereocenters. The van der Waals surface area contributed by atoms with E-state index in [4.69, 9.17) is 10.5 Å². The van der Waals surface area contributed by atoms with Crippen LogP contribution in [0.1, 0.15) is 27.2 Å². The van der Waals surface area contributed by atoms with Crippen molar-refractivity contribution >= 4 is 23.1 Å². The molecular weight excluding hydrogens is 275 g/mol. The Hall–Kier alpha value is -1.10. The van der Waals surface area contributed by atoms with Crippen LogP contribution in [0.5, 0.6) is 5.75 Å². The van der Waals surface area contributed by atoms with Crippen LogP contribution >= 0.6 is 11.8 Å². The van der Waals surface area contributed by atoms with E-state index in [1.807, 2.05) is 18.7 Å². The Morgan fingerprint density at radius 1 is 1.40 bits per heavy atom. The third-order valence-corrected chi connectivity index (χ3v) is 4.93. The first-order chi connectivity index (χ1) is 9.43. The molecule has 112 valence electrons. The van der Waals surface area contributed by atoms with Gasteiger partial charge in [0.25, 0.3) is 0 Å². The van der Waals surface area contributed by atoms with Gasteiger partial charge in [0, 0.05) is 35.7 Å². The fourth-order valence-electron chi connectivity index (χ4n) is 2.36. The summed E-state index contributed by atoms with van der Waals surface area (Å²) in [6, 6.07) is 3.10. The molecule has 1 heterocycles. The fraction of sp³-hybridized carbons (Fsp3) is 0.600. The average molecular weight is 298 g/mol. The minimum Gasteiger partial charge on any atom is -0.491 e. The molecule has 0 aromatic heterocycles. The number of benzene rings is 1. The number of ether oxygens (including phenoxy) is 1. The number of thioether (sulfide) groups is 1. The molecule has 0 amide bonds. The van der Waals surface area contributed by atoms with E-state index in [1.54, 1.807) is 6.07 Å². The van der Waals surface area contributed by atoms with E-state index in [0.29, 0.717) is 12.3 Å². The Morgan fingerprint density at radius 2 is 2.15 bits per heavy atom. The number of rotatable bonds is 3. The molecule has 1 aliphatic rings. The van der Waals surface area contributed by atoms with Crippen LogP contribution in [0.3, 0.4) is 0 Å². The summed E-state index contributed by atoms with van der Waals surface area (Å²) in [5, 5.41) is 0. The lowest BCUT2D eigenvalue weighted by molar-refractivity contribution is 0.321. The molecule has 1 aromatic carbocycles. The van der Waals surface area contributed by atoms with E-state index >= 15 is 0 Å². The molecular formula is C15H23FN2OS. The number of nitrogen functional groups attached to an aromatic ring is 1. The van der Waals surface area contributed by atoms with Crippen molar-refractivity contribution in [1.29, 1.82) is 0 Å². The first-order valence-corrected chi connectivity index (χ1v) is 8.02. The van der Waals surface area contributed by atoms with E-state index in [0.717, 1.165) is 31.0 Å². The molecule has 20 heavy (non-hydrogen) atoms. The SMILES string of the molecule is CCOc1cc(N2CCSC(C)(C)CC2)c(N)cc1F. The zero-order valence-electron chi connectivity index (χ0n) is 12.4. The molecule has 2 rings (SSSR count). The zero-order chi connectivity index (χ0) is 14.8. The Labute approximate surface area is 124 Å². The summed E-state index contributed by atoms with van der Waals surface area (Å²) in [5.74, 6) is 0.943. The zero-order valence-corrected chi connectivity index (χ0v) is 13.2. The number of anilines is 2. The molecule has 3 nitrogen and oxygen atoms in total. The summed E-state index contributed by atoms with van der Waals surface area (Å²) in [5.41, 5.74) is 7.36. The molecule has 1 aliphatic heterocycles. The van der Waals surface area contributed by atoms with Gasteiger partial charge in [0.2, 0.25) is 0 Å². The fourth-order valence-corrected chi connectivity index (χ4v) is 3.46. The largest absolute Gasteiger partial charge is 0.491 e. The maximum atomic E-state index is 13.8. The highest BCUT2D eigenvalue weighted by Gasteiger charge is 2.25. The van der Waals surface area contributed by atoms with Gasteiger partial charge in [0.05, 0.1) is 18.0 Å². The number of nitrogens with zero attached hydrogens (tertiary/aromatic N) is 1. The number of hydrogen-bond donors (Lipinski definition) is 1. The monoisotopic (exact) mass is 298 g/mol. The second kappa shape index (κ2) is 6.12. The van der Waals surface area contributed by atoms with Gasteiger partial charge < -0.3 is 15.4 Å². The van der Waals surface area contributed by atoms with Crippen LogP contribution in [0.15, 0.2) is 12.1 Å². The molecule has 0 bridgehead atoms. The van der Waals surface area contributed by atoms with Gasteiger partial charge in [0.15, 0.2) is 11.6 Å². The van der Waals surface area contributed by atoms with Crippen molar-refractivity contribution in [3.8, 4) is 5.75 Å². The highest BCUT2D eigenvalue weighted by Crippen LogP contribution is 2.36. The van der Waals surface area contributed by atoms with Gasteiger partial charge in [-0.1, -0.05) is 13.8 Å². The van der Waals surface area contributed by atoms with Crippen molar-refractivity contribution < 1.29 is 9.13 Å². The third kappa shape index (κ3) is 3.51. The van der Waals surface area contributed by atoms with Gasteiger partial charge in [-0.15, -0.1) is 0 Å². The van der Waals surface area contributed by atoms with E-state index in [9.17, 15) is 4.39 Å². The van der Waals surface area contributed by atoms with Crippen LogP contribution < -0.4 is 15.4 Å². The Kier molecular flexibility index (Phi) is 4.68. The topological polar surface area (TPSA) is 38.5 Å². The molecule has 0 saturated carbocycles. The van der Waals surface area contributed by atoms with Crippen LogP contribution in [-0.2, 0) is 0 Å². The normalized spacial score (nSPS) is 18.7. The Balaban J connectivity index is 2.25. The molecule has 1 saturated heterocycles. The summed E-state index contributed by atoms with van der Waals surface area (Å²) in [6.45, 7) is 8.68. The van der Waals surface area contributed by atoms with Crippen molar-refractivity contribution in [2.45, 2.75) is 31.9 Å². The van der Waals surface area contributed by atoms with Crippen LogP contribution in [-0.4, -0.2) is 30.2 Å². The molecule has 0 aliphatic carbocycles. The standard InChI is InChI=1S/C15H23FN2OS/c1-4-19-14-10-13(12(17)9-11(14)16)18-6-5-15(2,3)20-8-7-18/h9-10H,4-8,17H2,1-3H3. The lowest BCUT2D eigenvalue weighted by Gasteiger charge is -2.26. The second-order valence-electron chi connectivity index (χ2n) is 5.62. The molecule has 1 aromatic rings. The average Bonchev–Trinajstić information content (AvgIpc) is 2.54. The van der Waals surface area contributed by atoms with Gasteiger partial charge in [-0.3, -0.25) is 0 Å². The number of nitrogens with two attached hydrogens (primary N) is 1. The van der Waals surface area contributed by atoms with Crippen LogP contribution in [0.2, 0.25) is 0 Å². The number of halogens is 1. The van der Waals surface area contributed by atoms with Crippen LogP contribution in [0.25, 0.3) is 0 Å². The van der Waals surface area contributed by atoms with E-state index in [2.05, 4.69) is 18.7 Å². The first kappa shape index (κ1) is 15.3. The van der Waals surface area contributed by atoms with Gasteiger partial charge >= 0.3 is 0 Å². The van der Waals surface area contributed by atoms with Crippen molar-refractivity contribution in [2.24, 2.45) is 0 Å². The lowest BCUT2D eigenvalue weighted by atomic mass is 10.1. The van der Waals surface area contributed by atoms with Gasteiger partial charge in [0.1, 0.15) is 0 Å². The maximum Gasteiger partial charge on any atom is 0.167 e. The molecule has 0 spiro atoms. The Bertz CT molecular complexity index is 479. The van der Waals surface area contributed by atoms with Gasteiger partial charge in [-0.2, -0.15) is 11.8 Å².